The SMILES string of the molecule is CCCOc1ccc(Cl)cc1/C=C1\C(=O)NC(=O)N(c2ccccc2Cl)C1=O. The molecule has 28 heavy (non-hydrogen) atoms. The van der Waals surface area contributed by atoms with Gasteiger partial charge in [0.25, 0.3) is 11.8 Å². The minimum Gasteiger partial charge on any atom is -0.493 e. The van der Waals surface area contributed by atoms with Crippen molar-refractivity contribution in [3.05, 3.63) is 63.6 Å². The number of halogens is 2. The van der Waals surface area contributed by atoms with Crippen molar-refractivity contribution in [2.24, 2.45) is 0 Å². The molecule has 1 N–H and O–H groups in total. The molecule has 2 aromatic carbocycles. The highest BCUT2D eigenvalue weighted by atomic mass is 35.5. The lowest BCUT2D eigenvalue weighted by molar-refractivity contribution is -0.122. The fraction of sp³-hybridized carbons (Fsp3) is 0.150. The molecule has 0 spiro atoms. The number of amides is 4. The van der Waals surface area contributed by atoms with E-state index < -0.39 is 17.8 Å². The molecule has 0 aromatic heterocycles. The van der Waals surface area contributed by atoms with Gasteiger partial charge in [-0.1, -0.05) is 42.3 Å². The highest BCUT2D eigenvalue weighted by Crippen LogP contribution is 2.30. The summed E-state index contributed by atoms with van der Waals surface area (Å²) in [6.45, 7) is 2.42. The van der Waals surface area contributed by atoms with Gasteiger partial charge in [0.15, 0.2) is 0 Å². The van der Waals surface area contributed by atoms with Gasteiger partial charge in [-0.3, -0.25) is 14.9 Å². The van der Waals surface area contributed by atoms with Crippen LogP contribution in [-0.2, 0) is 9.59 Å². The zero-order chi connectivity index (χ0) is 20.3. The molecule has 6 nitrogen and oxygen atoms in total. The highest BCUT2D eigenvalue weighted by Gasteiger charge is 2.37. The van der Waals surface area contributed by atoms with Gasteiger partial charge in [-0.25, -0.2) is 9.69 Å². The van der Waals surface area contributed by atoms with Gasteiger partial charge in [0.2, 0.25) is 0 Å². The minimum absolute atomic E-state index is 0.179. The van der Waals surface area contributed by atoms with Gasteiger partial charge >= 0.3 is 6.03 Å². The van der Waals surface area contributed by atoms with Crippen molar-refractivity contribution >= 4 is 52.8 Å². The van der Waals surface area contributed by atoms with E-state index in [4.69, 9.17) is 27.9 Å². The molecule has 0 unspecified atom stereocenters. The first kappa shape index (κ1) is 19.9. The number of imide groups is 2. The molecule has 8 heteroatoms. The molecular weight excluding hydrogens is 403 g/mol. The van der Waals surface area contributed by atoms with E-state index in [1.165, 1.54) is 12.1 Å². The zero-order valence-corrected chi connectivity index (χ0v) is 16.4. The third-order valence-corrected chi connectivity index (χ3v) is 4.48. The zero-order valence-electron chi connectivity index (χ0n) is 14.9. The van der Waals surface area contributed by atoms with Crippen LogP contribution >= 0.6 is 23.2 Å². The van der Waals surface area contributed by atoms with E-state index in [0.717, 1.165) is 11.3 Å². The van der Waals surface area contributed by atoms with Crippen LogP contribution in [0.15, 0.2) is 48.0 Å². The molecule has 0 bridgehead atoms. The molecule has 0 aliphatic carbocycles. The number of anilines is 1. The smallest absolute Gasteiger partial charge is 0.335 e. The number of carbonyl (C=O) groups excluding carboxylic acids is 3. The van der Waals surface area contributed by atoms with E-state index in [2.05, 4.69) is 5.32 Å². The lowest BCUT2D eigenvalue weighted by Crippen LogP contribution is -2.54. The van der Waals surface area contributed by atoms with Crippen LogP contribution in [0.3, 0.4) is 0 Å². The van der Waals surface area contributed by atoms with Gasteiger partial charge < -0.3 is 4.74 Å². The van der Waals surface area contributed by atoms with Gasteiger partial charge in [0, 0.05) is 10.6 Å². The van der Waals surface area contributed by atoms with Crippen LogP contribution in [0.4, 0.5) is 10.5 Å². The van der Waals surface area contributed by atoms with E-state index >= 15 is 0 Å². The second-order valence-corrected chi connectivity index (χ2v) is 6.78. The predicted molar refractivity (Wildman–Crippen MR) is 108 cm³/mol. The number of rotatable bonds is 5. The van der Waals surface area contributed by atoms with E-state index in [9.17, 15) is 14.4 Å². The Labute approximate surface area is 171 Å². The Hall–Kier alpha value is -2.83. The monoisotopic (exact) mass is 418 g/mol. The fourth-order valence-electron chi connectivity index (χ4n) is 2.64. The first-order valence-corrected chi connectivity index (χ1v) is 9.26. The second-order valence-electron chi connectivity index (χ2n) is 5.94. The van der Waals surface area contributed by atoms with Crippen molar-refractivity contribution in [2.45, 2.75) is 13.3 Å². The lowest BCUT2D eigenvalue weighted by Gasteiger charge is -2.27. The van der Waals surface area contributed by atoms with Crippen LogP contribution < -0.4 is 15.0 Å². The van der Waals surface area contributed by atoms with E-state index in [1.807, 2.05) is 6.92 Å². The number of ether oxygens (including phenoxy) is 1. The van der Waals surface area contributed by atoms with Crippen LogP contribution in [0, 0.1) is 0 Å². The molecule has 4 amide bonds. The number of hydrogen-bond acceptors (Lipinski definition) is 4. The summed E-state index contributed by atoms with van der Waals surface area (Å²) >= 11 is 12.2. The van der Waals surface area contributed by atoms with Gasteiger partial charge in [0.1, 0.15) is 11.3 Å². The van der Waals surface area contributed by atoms with Crippen LogP contribution in [0.25, 0.3) is 6.08 Å². The summed E-state index contributed by atoms with van der Waals surface area (Å²) in [6.07, 6.45) is 2.14. The van der Waals surface area contributed by atoms with Crippen molar-refractivity contribution < 1.29 is 19.1 Å². The number of carbonyl (C=O) groups is 3. The maximum atomic E-state index is 13.0. The van der Waals surface area contributed by atoms with Crippen LogP contribution in [0.1, 0.15) is 18.9 Å². The van der Waals surface area contributed by atoms with Crippen molar-refractivity contribution in [2.75, 3.05) is 11.5 Å². The molecule has 0 radical (unpaired) electrons. The Balaban J connectivity index is 2.05. The quantitative estimate of drug-likeness (QED) is 0.574. The Kier molecular flexibility index (Phi) is 6.02. The predicted octanol–water partition coefficient (Wildman–Crippen LogP) is 4.45. The summed E-state index contributed by atoms with van der Waals surface area (Å²) in [4.78, 5) is 38.4. The molecule has 2 aromatic rings. The number of para-hydroxylation sites is 1. The number of barbiturate groups is 1. The summed E-state index contributed by atoms with van der Waals surface area (Å²) in [7, 11) is 0. The normalized spacial score (nSPS) is 15.8. The summed E-state index contributed by atoms with van der Waals surface area (Å²) in [6, 6.07) is 10.4. The molecular formula is C20H16Cl2N2O4. The molecule has 1 fully saturated rings. The average Bonchev–Trinajstić information content (AvgIpc) is 2.66. The van der Waals surface area contributed by atoms with Gasteiger partial charge in [-0.15, -0.1) is 0 Å². The van der Waals surface area contributed by atoms with Crippen molar-refractivity contribution in [1.29, 1.82) is 0 Å². The first-order chi connectivity index (χ1) is 13.4. The Morgan fingerprint density at radius 1 is 1.11 bits per heavy atom. The number of urea groups is 1. The number of benzene rings is 2. The third kappa shape index (κ3) is 4.03. The molecule has 1 heterocycles. The van der Waals surface area contributed by atoms with Crippen LogP contribution in [0.2, 0.25) is 10.0 Å². The first-order valence-electron chi connectivity index (χ1n) is 8.50. The van der Waals surface area contributed by atoms with E-state index in [1.54, 1.807) is 36.4 Å². The Morgan fingerprint density at radius 3 is 2.57 bits per heavy atom. The maximum Gasteiger partial charge on any atom is 0.335 e. The summed E-state index contributed by atoms with van der Waals surface area (Å²) in [5, 5.41) is 2.78. The van der Waals surface area contributed by atoms with Crippen molar-refractivity contribution in [3.63, 3.8) is 0 Å². The third-order valence-electron chi connectivity index (χ3n) is 3.93. The maximum absolute atomic E-state index is 13.0. The molecule has 1 aliphatic heterocycles. The second kappa shape index (κ2) is 8.46. The summed E-state index contributed by atoms with van der Waals surface area (Å²) in [5.74, 6) is -1.12. The van der Waals surface area contributed by atoms with Crippen molar-refractivity contribution in [3.8, 4) is 5.75 Å². The van der Waals surface area contributed by atoms with E-state index in [-0.39, 0.29) is 16.3 Å². The average molecular weight is 419 g/mol. The molecule has 1 aliphatic rings. The largest absolute Gasteiger partial charge is 0.493 e. The highest BCUT2D eigenvalue weighted by molar-refractivity contribution is 6.42. The number of hydrogen-bond donors (Lipinski definition) is 1. The fourth-order valence-corrected chi connectivity index (χ4v) is 3.04. The van der Waals surface area contributed by atoms with Crippen LogP contribution in [-0.4, -0.2) is 24.5 Å². The Morgan fingerprint density at radius 2 is 1.86 bits per heavy atom. The standard InChI is InChI=1S/C20H16Cl2N2O4/c1-2-9-28-17-8-7-13(21)10-12(17)11-14-18(25)23-20(27)24(19(14)26)16-6-4-3-5-15(16)22/h3-8,10-11H,2,9H2,1H3,(H,23,25,27)/b14-11+. The van der Waals surface area contributed by atoms with Crippen molar-refractivity contribution in [1.82, 2.24) is 5.32 Å². The molecule has 144 valence electrons. The Bertz CT molecular complexity index is 988. The topological polar surface area (TPSA) is 75.7 Å². The van der Waals surface area contributed by atoms with Gasteiger partial charge in [0.05, 0.1) is 17.3 Å². The molecule has 0 saturated carbocycles. The number of nitrogens with one attached hydrogen (secondary N) is 1. The summed E-state index contributed by atoms with van der Waals surface area (Å²) in [5.41, 5.74) is 0.398. The van der Waals surface area contributed by atoms with Gasteiger partial charge in [-0.2, -0.15) is 0 Å². The summed E-state index contributed by atoms with van der Waals surface area (Å²) < 4.78 is 5.66. The van der Waals surface area contributed by atoms with Gasteiger partial charge in [-0.05, 0) is 42.8 Å². The van der Waals surface area contributed by atoms with E-state index in [0.29, 0.717) is 22.9 Å². The lowest BCUT2D eigenvalue weighted by atomic mass is 10.1. The molecule has 0 atom stereocenters. The molecule has 1 saturated heterocycles. The number of nitrogens with zero attached hydrogens (tertiary/aromatic N) is 1. The minimum atomic E-state index is -0.867. The molecule has 3 rings (SSSR count). The van der Waals surface area contributed by atoms with Crippen LogP contribution in [0.5, 0.6) is 5.75 Å².